The molecule has 5 heteroatoms. The summed E-state index contributed by atoms with van der Waals surface area (Å²) in [5, 5.41) is 0. The molecule has 17 heavy (non-hydrogen) atoms. The van der Waals surface area contributed by atoms with Crippen LogP contribution in [0.3, 0.4) is 0 Å². The van der Waals surface area contributed by atoms with E-state index in [1.807, 2.05) is 6.92 Å². The van der Waals surface area contributed by atoms with Gasteiger partial charge in [-0.2, -0.15) is 0 Å². The summed E-state index contributed by atoms with van der Waals surface area (Å²) in [6.45, 7) is 10.5. The van der Waals surface area contributed by atoms with Crippen LogP contribution >= 0.6 is 0 Å². The first-order chi connectivity index (χ1) is 7.53. The van der Waals surface area contributed by atoms with Crippen molar-refractivity contribution < 1.29 is 4.43 Å². The van der Waals surface area contributed by atoms with Gasteiger partial charge in [-0.1, -0.05) is 6.92 Å². The first-order valence-corrected chi connectivity index (χ1v) is 9.68. The van der Waals surface area contributed by atoms with Gasteiger partial charge in [0.25, 0.3) is 0 Å². The lowest BCUT2D eigenvalue weighted by Gasteiger charge is -2.54. The van der Waals surface area contributed by atoms with E-state index in [-0.39, 0.29) is 17.6 Å². The predicted molar refractivity (Wildman–Crippen MR) is 74.9 cm³/mol. The van der Waals surface area contributed by atoms with Crippen LogP contribution in [0.1, 0.15) is 33.6 Å². The summed E-state index contributed by atoms with van der Waals surface area (Å²) in [5.41, 5.74) is 17.4. The molecule has 0 aliphatic carbocycles. The van der Waals surface area contributed by atoms with Crippen molar-refractivity contribution in [2.75, 3.05) is 0 Å². The van der Waals surface area contributed by atoms with Gasteiger partial charge >= 0.3 is 0 Å². The molecule has 3 unspecified atom stereocenters. The third-order valence-electron chi connectivity index (χ3n) is 4.15. The van der Waals surface area contributed by atoms with Crippen molar-refractivity contribution in [2.24, 2.45) is 23.1 Å². The number of hydrogen-bond donors (Lipinski definition) is 3. The predicted octanol–water partition coefficient (Wildman–Crippen LogP) is 1.36. The molecule has 1 aliphatic rings. The highest BCUT2D eigenvalue weighted by Gasteiger charge is 2.52. The molecule has 1 aliphatic heterocycles. The van der Waals surface area contributed by atoms with Crippen LogP contribution in [0.15, 0.2) is 0 Å². The summed E-state index contributed by atoms with van der Waals surface area (Å²) in [7, 11) is -1.62. The molecule has 1 fully saturated rings. The average molecular weight is 259 g/mol. The van der Waals surface area contributed by atoms with Crippen molar-refractivity contribution in [2.45, 2.75) is 70.1 Å². The molecule has 0 saturated carbocycles. The van der Waals surface area contributed by atoms with Gasteiger partial charge in [0.2, 0.25) is 0 Å². The zero-order chi connectivity index (χ0) is 13.5. The molecule has 0 spiro atoms. The number of hydrogen-bond acceptors (Lipinski definition) is 4. The average Bonchev–Trinajstić information content (AvgIpc) is 2.12. The third kappa shape index (κ3) is 3.09. The Morgan fingerprint density at radius 2 is 2.00 bits per heavy atom. The largest absolute Gasteiger partial charge is 0.410 e. The monoisotopic (exact) mass is 259 g/mol. The van der Waals surface area contributed by atoms with E-state index < -0.39 is 14.0 Å². The Labute approximate surface area is 106 Å². The van der Waals surface area contributed by atoms with Crippen LogP contribution < -0.4 is 17.2 Å². The third-order valence-corrected chi connectivity index (χ3v) is 6.64. The van der Waals surface area contributed by atoms with E-state index in [1.54, 1.807) is 0 Å². The Morgan fingerprint density at radius 3 is 2.41 bits per heavy atom. The van der Waals surface area contributed by atoms with Crippen LogP contribution in [0.25, 0.3) is 0 Å². The minimum atomic E-state index is -1.62. The molecule has 0 aromatic rings. The van der Waals surface area contributed by atoms with Gasteiger partial charge in [-0.3, -0.25) is 0 Å². The van der Waals surface area contributed by atoms with Crippen molar-refractivity contribution in [1.82, 2.24) is 0 Å². The fourth-order valence-corrected chi connectivity index (χ4v) is 5.73. The van der Waals surface area contributed by atoms with Crippen LogP contribution in [0.2, 0.25) is 19.1 Å². The van der Waals surface area contributed by atoms with E-state index in [0.29, 0.717) is 0 Å². The van der Waals surface area contributed by atoms with Crippen LogP contribution in [-0.2, 0) is 4.43 Å². The van der Waals surface area contributed by atoms with Crippen molar-refractivity contribution in [3.63, 3.8) is 0 Å². The lowest BCUT2D eigenvalue weighted by Crippen LogP contribution is -2.70. The van der Waals surface area contributed by atoms with Gasteiger partial charge in [-0.15, -0.1) is 0 Å². The Kier molecular flexibility index (Phi) is 4.11. The molecule has 6 N–H and O–H groups in total. The summed E-state index contributed by atoms with van der Waals surface area (Å²) < 4.78 is 6.41. The molecule has 1 heterocycles. The van der Waals surface area contributed by atoms with Gasteiger partial charge in [0.05, 0.1) is 11.3 Å². The standard InChI is InChI=1S/C12H29N3OSi/c1-6-10(13)11(2)9(12(3,14)15)7-8-17(4,5)16-11/h9-10H,6-8,13-15H2,1-5H3. The van der Waals surface area contributed by atoms with Crippen molar-refractivity contribution in [1.29, 1.82) is 0 Å². The van der Waals surface area contributed by atoms with E-state index in [9.17, 15) is 0 Å². The molecule has 0 radical (unpaired) electrons. The number of rotatable bonds is 3. The second kappa shape index (κ2) is 4.62. The summed E-state index contributed by atoms with van der Waals surface area (Å²) in [6, 6.07) is 1.10. The molecule has 0 aromatic heterocycles. The SMILES string of the molecule is CCC(N)C1(C)O[Si](C)(C)CCC1C(C)(N)N. The maximum Gasteiger partial charge on any atom is 0.187 e. The second-order valence-corrected chi connectivity index (χ2v) is 10.7. The van der Waals surface area contributed by atoms with E-state index in [0.717, 1.165) is 18.9 Å². The molecule has 0 aromatic carbocycles. The molecule has 4 nitrogen and oxygen atoms in total. The van der Waals surface area contributed by atoms with Gasteiger partial charge < -0.3 is 21.6 Å². The van der Waals surface area contributed by atoms with Gasteiger partial charge in [0, 0.05) is 12.0 Å². The van der Waals surface area contributed by atoms with Gasteiger partial charge in [0.1, 0.15) is 0 Å². The highest BCUT2D eigenvalue weighted by molar-refractivity contribution is 6.71. The van der Waals surface area contributed by atoms with Crippen molar-refractivity contribution >= 4 is 8.32 Å². The van der Waals surface area contributed by atoms with E-state index in [1.165, 1.54) is 0 Å². The van der Waals surface area contributed by atoms with E-state index in [2.05, 4.69) is 26.9 Å². The molecule has 0 bridgehead atoms. The molecular formula is C12H29N3OSi. The highest BCUT2D eigenvalue weighted by atomic mass is 28.4. The lowest BCUT2D eigenvalue weighted by molar-refractivity contribution is -0.0533. The summed E-state index contributed by atoms with van der Waals surface area (Å²) in [4.78, 5) is 0. The zero-order valence-electron chi connectivity index (χ0n) is 11.9. The Bertz CT molecular complexity index is 277. The quantitative estimate of drug-likeness (QED) is 0.527. The maximum absolute atomic E-state index is 6.41. The maximum atomic E-state index is 6.41. The second-order valence-electron chi connectivity index (χ2n) is 6.52. The first kappa shape index (κ1) is 15.1. The first-order valence-electron chi connectivity index (χ1n) is 6.56. The van der Waals surface area contributed by atoms with Crippen LogP contribution in [0.5, 0.6) is 0 Å². The summed E-state index contributed by atoms with van der Waals surface area (Å²) in [6.07, 6.45) is 1.90. The highest BCUT2D eigenvalue weighted by Crippen LogP contribution is 2.43. The minimum Gasteiger partial charge on any atom is -0.410 e. The van der Waals surface area contributed by atoms with E-state index >= 15 is 0 Å². The molecule has 0 amide bonds. The van der Waals surface area contributed by atoms with Crippen LogP contribution in [0.4, 0.5) is 0 Å². The molecule has 102 valence electrons. The smallest absolute Gasteiger partial charge is 0.187 e. The molecule has 1 saturated heterocycles. The van der Waals surface area contributed by atoms with Gasteiger partial charge in [-0.05, 0) is 45.8 Å². The summed E-state index contributed by atoms with van der Waals surface area (Å²) in [5.74, 6) is 0.116. The van der Waals surface area contributed by atoms with Gasteiger partial charge in [-0.25, -0.2) is 0 Å². The Hall–Kier alpha value is 0.0569. The molecule has 1 rings (SSSR count). The zero-order valence-corrected chi connectivity index (χ0v) is 12.9. The molecule has 3 atom stereocenters. The van der Waals surface area contributed by atoms with Crippen LogP contribution in [-0.4, -0.2) is 25.6 Å². The fourth-order valence-electron chi connectivity index (χ4n) is 3.16. The normalized spacial score (nSPS) is 35.6. The fraction of sp³-hybridized carbons (Fsp3) is 1.00. The minimum absolute atomic E-state index is 0.00833. The molecular weight excluding hydrogens is 230 g/mol. The Balaban J connectivity index is 3.06. The Morgan fingerprint density at radius 1 is 1.47 bits per heavy atom. The number of nitrogens with two attached hydrogens (primary N) is 3. The van der Waals surface area contributed by atoms with Gasteiger partial charge in [0.15, 0.2) is 8.32 Å². The lowest BCUT2D eigenvalue weighted by atomic mass is 9.74. The van der Waals surface area contributed by atoms with Crippen molar-refractivity contribution in [3.8, 4) is 0 Å². The van der Waals surface area contributed by atoms with Crippen molar-refractivity contribution in [3.05, 3.63) is 0 Å². The van der Waals surface area contributed by atoms with Crippen LogP contribution in [0, 0.1) is 5.92 Å². The summed E-state index contributed by atoms with van der Waals surface area (Å²) >= 11 is 0. The topological polar surface area (TPSA) is 87.3 Å². The van der Waals surface area contributed by atoms with E-state index in [4.69, 9.17) is 21.6 Å².